The summed E-state index contributed by atoms with van der Waals surface area (Å²) in [4.78, 5) is 11.8. The van der Waals surface area contributed by atoms with Crippen molar-refractivity contribution in [3.8, 4) is 0 Å². The standard InChI is InChI=1S/C10H16N4O/c1-7-3-5-11-9(7)10(15)12-8-4-6-14(2)13-8/h4,6-7,9,11H,3,5H2,1-2H3,(H,12,13,15). The van der Waals surface area contributed by atoms with Crippen molar-refractivity contribution in [1.82, 2.24) is 15.1 Å². The van der Waals surface area contributed by atoms with Crippen LogP contribution in [0.15, 0.2) is 12.3 Å². The Hall–Kier alpha value is -1.36. The van der Waals surface area contributed by atoms with Crippen molar-refractivity contribution >= 4 is 11.7 Å². The fourth-order valence-corrected chi connectivity index (χ4v) is 1.87. The first-order valence-corrected chi connectivity index (χ1v) is 5.20. The minimum atomic E-state index is -0.0768. The van der Waals surface area contributed by atoms with Gasteiger partial charge in [-0.2, -0.15) is 5.10 Å². The zero-order chi connectivity index (χ0) is 10.8. The predicted octanol–water partition coefficient (Wildman–Crippen LogP) is 0.357. The quantitative estimate of drug-likeness (QED) is 0.737. The molecule has 1 saturated heterocycles. The molecule has 2 N–H and O–H groups in total. The number of carbonyl (C=O) groups is 1. The van der Waals surface area contributed by atoms with E-state index < -0.39 is 0 Å². The van der Waals surface area contributed by atoms with Crippen LogP contribution < -0.4 is 10.6 Å². The lowest BCUT2D eigenvalue weighted by Crippen LogP contribution is -2.39. The Morgan fingerprint density at radius 2 is 2.53 bits per heavy atom. The third-order valence-corrected chi connectivity index (χ3v) is 2.78. The number of hydrogen-bond acceptors (Lipinski definition) is 3. The van der Waals surface area contributed by atoms with Gasteiger partial charge >= 0.3 is 0 Å². The van der Waals surface area contributed by atoms with E-state index in [0.29, 0.717) is 11.7 Å². The fraction of sp³-hybridized carbons (Fsp3) is 0.600. The van der Waals surface area contributed by atoms with E-state index in [1.165, 1.54) is 0 Å². The first kappa shape index (κ1) is 10.2. The van der Waals surface area contributed by atoms with Crippen LogP contribution >= 0.6 is 0 Å². The van der Waals surface area contributed by atoms with E-state index in [-0.39, 0.29) is 11.9 Å². The van der Waals surface area contributed by atoms with Crippen molar-refractivity contribution in [2.75, 3.05) is 11.9 Å². The van der Waals surface area contributed by atoms with E-state index in [1.54, 1.807) is 16.9 Å². The molecule has 2 heterocycles. The number of aromatic nitrogens is 2. The summed E-state index contributed by atoms with van der Waals surface area (Å²) >= 11 is 0. The number of aryl methyl sites for hydroxylation is 1. The summed E-state index contributed by atoms with van der Waals surface area (Å²) in [5, 5.41) is 10.1. The zero-order valence-electron chi connectivity index (χ0n) is 9.03. The maximum atomic E-state index is 11.8. The SMILES string of the molecule is CC1CCNC1C(=O)Nc1ccn(C)n1. The van der Waals surface area contributed by atoms with E-state index in [0.717, 1.165) is 13.0 Å². The first-order valence-electron chi connectivity index (χ1n) is 5.20. The Bertz CT molecular complexity index is 360. The maximum absolute atomic E-state index is 11.8. The number of anilines is 1. The average Bonchev–Trinajstić information content (AvgIpc) is 2.75. The van der Waals surface area contributed by atoms with Gasteiger partial charge < -0.3 is 10.6 Å². The molecule has 1 aliphatic rings. The summed E-state index contributed by atoms with van der Waals surface area (Å²) in [5.74, 6) is 1.02. The molecule has 82 valence electrons. The van der Waals surface area contributed by atoms with Crippen molar-refractivity contribution < 1.29 is 4.79 Å². The van der Waals surface area contributed by atoms with Gasteiger partial charge in [0.15, 0.2) is 5.82 Å². The highest BCUT2D eigenvalue weighted by Gasteiger charge is 2.29. The highest BCUT2D eigenvalue weighted by Crippen LogP contribution is 2.15. The van der Waals surface area contributed by atoms with E-state index >= 15 is 0 Å². The molecule has 1 aliphatic heterocycles. The second-order valence-corrected chi connectivity index (χ2v) is 4.06. The Morgan fingerprint density at radius 3 is 3.07 bits per heavy atom. The monoisotopic (exact) mass is 208 g/mol. The molecule has 1 fully saturated rings. The molecule has 0 radical (unpaired) electrons. The van der Waals surface area contributed by atoms with Crippen LogP contribution in [0.25, 0.3) is 0 Å². The van der Waals surface area contributed by atoms with Gasteiger partial charge in [0.05, 0.1) is 6.04 Å². The number of nitrogens with zero attached hydrogens (tertiary/aromatic N) is 2. The molecule has 0 spiro atoms. The van der Waals surface area contributed by atoms with E-state index in [2.05, 4.69) is 22.7 Å². The van der Waals surface area contributed by atoms with Crippen LogP contribution in [0.5, 0.6) is 0 Å². The van der Waals surface area contributed by atoms with Gasteiger partial charge in [-0.05, 0) is 18.9 Å². The molecular formula is C10H16N4O. The molecule has 0 aliphatic carbocycles. The Kier molecular flexibility index (Phi) is 2.73. The van der Waals surface area contributed by atoms with Gasteiger partial charge in [-0.3, -0.25) is 9.48 Å². The summed E-state index contributed by atoms with van der Waals surface area (Å²) in [6.07, 6.45) is 2.86. The molecule has 0 saturated carbocycles. The van der Waals surface area contributed by atoms with E-state index in [1.807, 2.05) is 7.05 Å². The second-order valence-electron chi connectivity index (χ2n) is 4.06. The molecular weight excluding hydrogens is 192 g/mol. The molecule has 2 rings (SSSR count). The van der Waals surface area contributed by atoms with Gasteiger partial charge in [-0.15, -0.1) is 0 Å². The largest absolute Gasteiger partial charge is 0.308 e. The summed E-state index contributed by atoms with van der Waals surface area (Å²) in [5.41, 5.74) is 0. The van der Waals surface area contributed by atoms with Gasteiger partial charge in [0.1, 0.15) is 0 Å². The summed E-state index contributed by atoms with van der Waals surface area (Å²) in [6, 6.07) is 1.71. The van der Waals surface area contributed by atoms with Crippen LogP contribution in [0.4, 0.5) is 5.82 Å². The summed E-state index contributed by atoms with van der Waals surface area (Å²) in [7, 11) is 1.83. The summed E-state index contributed by atoms with van der Waals surface area (Å²) in [6.45, 7) is 3.00. The van der Waals surface area contributed by atoms with E-state index in [9.17, 15) is 4.79 Å². The van der Waals surface area contributed by atoms with Crippen molar-refractivity contribution in [2.24, 2.45) is 13.0 Å². The molecule has 2 atom stereocenters. The number of rotatable bonds is 2. The first-order chi connectivity index (χ1) is 7.16. The molecule has 5 heteroatoms. The number of amides is 1. The lowest BCUT2D eigenvalue weighted by molar-refractivity contribution is -0.118. The predicted molar refractivity (Wildman–Crippen MR) is 57.4 cm³/mol. The van der Waals surface area contributed by atoms with Gasteiger partial charge in [-0.25, -0.2) is 0 Å². The number of carbonyl (C=O) groups excluding carboxylic acids is 1. The second kappa shape index (κ2) is 4.02. The Balaban J connectivity index is 1.97. The molecule has 1 amide bonds. The third kappa shape index (κ3) is 2.18. The van der Waals surface area contributed by atoms with Gasteiger partial charge in [0.2, 0.25) is 5.91 Å². The highest BCUT2D eigenvalue weighted by atomic mass is 16.2. The normalized spacial score (nSPS) is 25.5. The van der Waals surface area contributed by atoms with Crippen LogP contribution in [0.1, 0.15) is 13.3 Å². The van der Waals surface area contributed by atoms with Crippen LogP contribution in [-0.4, -0.2) is 28.3 Å². The maximum Gasteiger partial charge on any atom is 0.242 e. The van der Waals surface area contributed by atoms with Crippen molar-refractivity contribution in [3.63, 3.8) is 0 Å². The summed E-state index contributed by atoms with van der Waals surface area (Å²) < 4.78 is 1.67. The fourth-order valence-electron chi connectivity index (χ4n) is 1.87. The number of nitrogens with one attached hydrogen (secondary N) is 2. The Labute approximate surface area is 88.8 Å². The molecule has 0 aromatic carbocycles. The van der Waals surface area contributed by atoms with Gasteiger partial charge in [0.25, 0.3) is 0 Å². The minimum absolute atomic E-state index is 0.0127. The van der Waals surface area contributed by atoms with Crippen molar-refractivity contribution in [1.29, 1.82) is 0 Å². The average molecular weight is 208 g/mol. The molecule has 2 unspecified atom stereocenters. The molecule has 1 aromatic rings. The molecule has 5 nitrogen and oxygen atoms in total. The van der Waals surface area contributed by atoms with Crippen molar-refractivity contribution in [3.05, 3.63) is 12.3 Å². The van der Waals surface area contributed by atoms with Crippen LogP contribution in [0.2, 0.25) is 0 Å². The van der Waals surface area contributed by atoms with Gasteiger partial charge in [-0.1, -0.05) is 6.92 Å². The topological polar surface area (TPSA) is 59.0 Å². The number of hydrogen-bond donors (Lipinski definition) is 2. The van der Waals surface area contributed by atoms with Gasteiger partial charge in [0, 0.05) is 19.3 Å². The smallest absolute Gasteiger partial charge is 0.242 e. The molecule has 1 aromatic heterocycles. The van der Waals surface area contributed by atoms with Crippen LogP contribution in [0.3, 0.4) is 0 Å². The Morgan fingerprint density at radius 1 is 1.73 bits per heavy atom. The zero-order valence-corrected chi connectivity index (χ0v) is 9.03. The van der Waals surface area contributed by atoms with Crippen LogP contribution in [-0.2, 0) is 11.8 Å². The molecule has 15 heavy (non-hydrogen) atoms. The lowest BCUT2D eigenvalue weighted by atomic mass is 10.0. The van der Waals surface area contributed by atoms with Crippen LogP contribution in [0, 0.1) is 5.92 Å². The highest BCUT2D eigenvalue weighted by molar-refractivity contribution is 5.94. The third-order valence-electron chi connectivity index (χ3n) is 2.78. The van der Waals surface area contributed by atoms with Crippen molar-refractivity contribution in [2.45, 2.75) is 19.4 Å². The molecule has 0 bridgehead atoms. The van der Waals surface area contributed by atoms with E-state index in [4.69, 9.17) is 0 Å². The minimum Gasteiger partial charge on any atom is -0.308 e. The lowest BCUT2D eigenvalue weighted by Gasteiger charge is -2.13.